The first-order valence-electron chi connectivity index (χ1n) is 4.15. The summed E-state index contributed by atoms with van der Waals surface area (Å²) >= 11 is 1.36. The first kappa shape index (κ1) is 11.3. The molecule has 0 aliphatic heterocycles. The van der Waals surface area contributed by atoms with Crippen molar-refractivity contribution in [2.24, 2.45) is 0 Å². The van der Waals surface area contributed by atoms with E-state index >= 15 is 0 Å². The van der Waals surface area contributed by atoms with Crippen LogP contribution >= 0.6 is 11.8 Å². The molecule has 0 amide bonds. The van der Waals surface area contributed by atoms with Gasteiger partial charge < -0.3 is 9.47 Å². The molecule has 0 aromatic heterocycles. The van der Waals surface area contributed by atoms with Crippen LogP contribution in [-0.2, 0) is 4.74 Å². The fourth-order valence-corrected chi connectivity index (χ4v) is 1.66. The normalized spacial score (nSPS) is 10.3. The molecule has 1 rings (SSSR count). The van der Waals surface area contributed by atoms with Crippen LogP contribution in [0.2, 0.25) is 0 Å². The Bertz CT molecular complexity index is 315. The molecule has 0 atom stereocenters. The third-order valence-corrected chi connectivity index (χ3v) is 2.44. The van der Waals surface area contributed by atoms with Crippen LogP contribution in [0.5, 0.6) is 5.75 Å². The molecule has 78 valence electrons. The van der Waals surface area contributed by atoms with Gasteiger partial charge in [-0.3, -0.25) is 0 Å². The average Bonchev–Trinajstić information content (AvgIpc) is 2.18. The van der Waals surface area contributed by atoms with E-state index in [-0.39, 0.29) is 18.4 Å². The van der Waals surface area contributed by atoms with E-state index in [0.717, 1.165) is 5.56 Å². The summed E-state index contributed by atoms with van der Waals surface area (Å²) in [6, 6.07) is 3.45. The highest BCUT2D eigenvalue weighted by Crippen LogP contribution is 2.28. The number of halogens is 1. The van der Waals surface area contributed by atoms with E-state index in [9.17, 15) is 4.39 Å². The van der Waals surface area contributed by atoms with Gasteiger partial charge in [0.1, 0.15) is 0 Å². The number of thioether (sulfide) groups is 1. The molecule has 0 radical (unpaired) electrons. The molecule has 2 nitrogen and oxygen atoms in total. The summed E-state index contributed by atoms with van der Waals surface area (Å²) in [6.07, 6.45) is 1.83. The van der Waals surface area contributed by atoms with Crippen molar-refractivity contribution in [2.75, 3.05) is 20.2 Å². The highest BCUT2D eigenvalue weighted by atomic mass is 32.2. The Balaban J connectivity index is 2.96. The molecule has 4 heteroatoms. The fraction of sp³-hybridized carbons (Fsp3) is 0.400. The van der Waals surface area contributed by atoms with E-state index in [2.05, 4.69) is 0 Å². The van der Waals surface area contributed by atoms with Gasteiger partial charge in [-0.1, -0.05) is 0 Å². The van der Waals surface area contributed by atoms with Crippen molar-refractivity contribution in [1.29, 1.82) is 0 Å². The quantitative estimate of drug-likeness (QED) is 0.569. The van der Waals surface area contributed by atoms with Crippen LogP contribution in [0.1, 0.15) is 5.56 Å². The van der Waals surface area contributed by atoms with Crippen LogP contribution < -0.4 is 4.74 Å². The number of methoxy groups -OCH3 is 1. The SMILES string of the molecule is COCOc1cc(C)cc(SC)c1F. The largest absolute Gasteiger partial charge is 0.464 e. The second-order valence-corrected chi connectivity index (χ2v) is 3.68. The van der Waals surface area contributed by atoms with Crippen molar-refractivity contribution in [3.63, 3.8) is 0 Å². The lowest BCUT2D eigenvalue weighted by molar-refractivity contribution is 0.0479. The molecule has 14 heavy (non-hydrogen) atoms. The lowest BCUT2D eigenvalue weighted by Crippen LogP contribution is -2.01. The van der Waals surface area contributed by atoms with Crippen LogP contribution in [0.25, 0.3) is 0 Å². The topological polar surface area (TPSA) is 18.5 Å². The maximum Gasteiger partial charge on any atom is 0.188 e. The van der Waals surface area contributed by atoms with Gasteiger partial charge in [0.2, 0.25) is 0 Å². The Labute approximate surface area is 87.4 Å². The molecule has 0 aliphatic rings. The molecule has 0 bridgehead atoms. The minimum Gasteiger partial charge on any atom is -0.464 e. The molecule has 1 aromatic carbocycles. The predicted molar refractivity (Wildman–Crippen MR) is 55.4 cm³/mol. The monoisotopic (exact) mass is 216 g/mol. The molecule has 0 unspecified atom stereocenters. The third-order valence-electron chi connectivity index (χ3n) is 1.70. The summed E-state index contributed by atoms with van der Waals surface area (Å²) in [5.41, 5.74) is 0.974. The van der Waals surface area contributed by atoms with Gasteiger partial charge in [-0.25, -0.2) is 4.39 Å². The number of rotatable bonds is 4. The van der Waals surface area contributed by atoms with Crippen molar-refractivity contribution in [3.8, 4) is 5.75 Å². The number of benzene rings is 1. The minimum absolute atomic E-state index is 0.0637. The fourth-order valence-electron chi connectivity index (χ4n) is 1.08. The Hall–Kier alpha value is -0.740. The maximum absolute atomic E-state index is 13.6. The second-order valence-electron chi connectivity index (χ2n) is 2.83. The van der Waals surface area contributed by atoms with Crippen molar-refractivity contribution in [1.82, 2.24) is 0 Å². The molecule has 0 spiro atoms. The summed E-state index contributed by atoms with van der Waals surface area (Å²) in [5.74, 6) is -0.0728. The predicted octanol–water partition coefficient (Wildman–Crippen LogP) is 2.84. The van der Waals surface area contributed by atoms with Crippen molar-refractivity contribution >= 4 is 11.8 Å². The van der Waals surface area contributed by atoms with Gasteiger partial charge in [0.15, 0.2) is 18.4 Å². The standard InChI is InChI=1S/C10H13FO2S/c1-7-4-8(13-6-12-2)10(11)9(5-7)14-3/h4-5H,6H2,1-3H3. The van der Waals surface area contributed by atoms with Gasteiger partial charge in [-0.2, -0.15) is 0 Å². The summed E-state index contributed by atoms with van der Waals surface area (Å²) in [5, 5.41) is 0. The van der Waals surface area contributed by atoms with Crippen LogP contribution in [0.4, 0.5) is 4.39 Å². The second kappa shape index (κ2) is 5.22. The number of ether oxygens (including phenoxy) is 2. The van der Waals surface area contributed by atoms with Crippen molar-refractivity contribution < 1.29 is 13.9 Å². The number of hydrogen-bond donors (Lipinski definition) is 0. The Morgan fingerprint density at radius 2 is 2.14 bits per heavy atom. The Morgan fingerprint density at radius 3 is 2.71 bits per heavy atom. The summed E-state index contributed by atoms with van der Waals surface area (Å²) in [6.45, 7) is 1.97. The summed E-state index contributed by atoms with van der Waals surface area (Å²) in [7, 11) is 1.50. The zero-order valence-electron chi connectivity index (χ0n) is 8.46. The minimum atomic E-state index is -0.319. The van der Waals surface area contributed by atoms with E-state index in [4.69, 9.17) is 9.47 Å². The van der Waals surface area contributed by atoms with Crippen LogP contribution in [0.3, 0.4) is 0 Å². The maximum atomic E-state index is 13.6. The molecule has 0 saturated carbocycles. The lowest BCUT2D eigenvalue weighted by atomic mass is 10.2. The van der Waals surface area contributed by atoms with Gasteiger partial charge in [0, 0.05) is 12.0 Å². The van der Waals surface area contributed by atoms with E-state index < -0.39 is 0 Å². The first-order valence-corrected chi connectivity index (χ1v) is 5.37. The zero-order valence-corrected chi connectivity index (χ0v) is 9.28. The van der Waals surface area contributed by atoms with Crippen molar-refractivity contribution in [3.05, 3.63) is 23.5 Å². The molecule has 0 aliphatic carbocycles. The van der Waals surface area contributed by atoms with Crippen LogP contribution in [-0.4, -0.2) is 20.2 Å². The smallest absolute Gasteiger partial charge is 0.188 e. The Morgan fingerprint density at radius 1 is 1.43 bits per heavy atom. The first-order chi connectivity index (χ1) is 6.69. The van der Waals surface area contributed by atoms with E-state index in [1.54, 1.807) is 12.1 Å². The lowest BCUT2D eigenvalue weighted by Gasteiger charge is -2.09. The van der Waals surface area contributed by atoms with Crippen LogP contribution in [0.15, 0.2) is 17.0 Å². The van der Waals surface area contributed by atoms with E-state index in [1.807, 2.05) is 13.2 Å². The van der Waals surface area contributed by atoms with Crippen LogP contribution in [0, 0.1) is 12.7 Å². The third kappa shape index (κ3) is 2.62. The van der Waals surface area contributed by atoms with Gasteiger partial charge in [0.25, 0.3) is 0 Å². The number of aryl methyl sites for hydroxylation is 1. The van der Waals surface area contributed by atoms with Gasteiger partial charge >= 0.3 is 0 Å². The molecule has 0 N–H and O–H groups in total. The van der Waals surface area contributed by atoms with Gasteiger partial charge in [-0.15, -0.1) is 11.8 Å². The highest BCUT2D eigenvalue weighted by Gasteiger charge is 2.09. The van der Waals surface area contributed by atoms with E-state index in [0.29, 0.717) is 4.90 Å². The average molecular weight is 216 g/mol. The molecule has 0 fully saturated rings. The molecular weight excluding hydrogens is 203 g/mol. The molecule has 0 heterocycles. The molecular formula is C10H13FO2S. The summed E-state index contributed by atoms with van der Waals surface area (Å²) < 4.78 is 23.4. The summed E-state index contributed by atoms with van der Waals surface area (Å²) in [4.78, 5) is 0.594. The number of hydrogen-bond acceptors (Lipinski definition) is 3. The van der Waals surface area contributed by atoms with E-state index in [1.165, 1.54) is 18.9 Å². The molecule has 0 saturated heterocycles. The Kier molecular flexibility index (Phi) is 4.22. The zero-order chi connectivity index (χ0) is 10.6. The van der Waals surface area contributed by atoms with Gasteiger partial charge in [-0.05, 0) is 30.9 Å². The van der Waals surface area contributed by atoms with Crippen molar-refractivity contribution in [2.45, 2.75) is 11.8 Å². The molecule has 1 aromatic rings. The highest BCUT2D eigenvalue weighted by molar-refractivity contribution is 7.98. The van der Waals surface area contributed by atoms with Gasteiger partial charge in [0.05, 0.1) is 0 Å².